The molecule has 0 saturated carbocycles. The van der Waals surface area contributed by atoms with Crippen LogP contribution in [-0.2, 0) is 4.79 Å². The Balaban J connectivity index is 2.10. The van der Waals surface area contributed by atoms with Crippen LogP contribution in [-0.4, -0.2) is 26.7 Å². The molecule has 2 N–H and O–H groups in total. The van der Waals surface area contributed by atoms with Gasteiger partial charge in [0.25, 0.3) is 0 Å². The lowest BCUT2D eigenvalue weighted by Gasteiger charge is -2.05. The molecule has 2 rings (SSSR count). The van der Waals surface area contributed by atoms with Crippen molar-refractivity contribution in [3.05, 3.63) is 36.7 Å². The Hall–Kier alpha value is -2.21. The van der Waals surface area contributed by atoms with Crippen LogP contribution in [0.4, 0.5) is 17.6 Å². The van der Waals surface area contributed by atoms with Gasteiger partial charge in [0.1, 0.15) is 12.2 Å². The van der Waals surface area contributed by atoms with E-state index >= 15 is 0 Å². The van der Waals surface area contributed by atoms with Crippen LogP contribution in [0.15, 0.2) is 36.7 Å². The zero-order valence-corrected chi connectivity index (χ0v) is 10.1. The second-order valence-corrected chi connectivity index (χ2v) is 3.57. The summed E-state index contributed by atoms with van der Waals surface area (Å²) in [5.41, 5.74) is 0.846. The van der Waals surface area contributed by atoms with Crippen LogP contribution >= 0.6 is 11.6 Å². The third-order valence-electron chi connectivity index (χ3n) is 1.97. The molecule has 7 heteroatoms. The number of rotatable bonds is 4. The van der Waals surface area contributed by atoms with Crippen molar-refractivity contribution in [2.24, 2.45) is 0 Å². The number of alkyl halides is 1. The van der Waals surface area contributed by atoms with E-state index in [0.717, 1.165) is 5.69 Å². The lowest BCUT2D eigenvalue weighted by molar-refractivity contribution is -0.114. The molecule has 1 aromatic carbocycles. The molecule has 92 valence electrons. The van der Waals surface area contributed by atoms with Gasteiger partial charge < -0.3 is 5.32 Å². The molecule has 0 spiro atoms. The quantitative estimate of drug-likeness (QED) is 0.822. The van der Waals surface area contributed by atoms with Gasteiger partial charge in [0.2, 0.25) is 17.8 Å². The topological polar surface area (TPSA) is 79.8 Å². The average Bonchev–Trinajstić information content (AvgIpc) is 2.40. The predicted molar refractivity (Wildman–Crippen MR) is 68.9 cm³/mol. The third-order valence-corrected chi connectivity index (χ3v) is 2.22. The molecule has 0 atom stereocenters. The number of nitrogens with zero attached hydrogens (tertiary/aromatic N) is 3. The van der Waals surface area contributed by atoms with Gasteiger partial charge in [-0.1, -0.05) is 18.2 Å². The maximum atomic E-state index is 11.1. The molecule has 1 heterocycles. The van der Waals surface area contributed by atoms with E-state index in [2.05, 4.69) is 25.6 Å². The van der Waals surface area contributed by atoms with E-state index in [0.29, 0.717) is 5.95 Å². The maximum absolute atomic E-state index is 11.1. The van der Waals surface area contributed by atoms with Gasteiger partial charge in [-0.25, -0.2) is 9.97 Å². The molecular weight excluding hydrogens is 254 g/mol. The minimum absolute atomic E-state index is 0.146. The summed E-state index contributed by atoms with van der Waals surface area (Å²) >= 11 is 5.37. The largest absolute Gasteiger partial charge is 0.324 e. The molecule has 18 heavy (non-hydrogen) atoms. The van der Waals surface area contributed by atoms with Crippen molar-refractivity contribution in [3.8, 4) is 0 Å². The summed E-state index contributed by atoms with van der Waals surface area (Å²) in [6, 6.07) is 9.44. The van der Waals surface area contributed by atoms with Crippen molar-refractivity contribution in [2.45, 2.75) is 0 Å². The molecule has 2 aromatic rings. The van der Waals surface area contributed by atoms with Crippen molar-refractivity contribution >= 4 is 35.1 Å². The maximum Gasteiger partial charge on any atom is 0.241 e. The number of amides is 1. The molecule has 0 aliphatic heterocycles. The van der Waals surface area contributed by atoms with Crippen LogP contribution in [0.2, 0.25) is 0 Å². The van der Waals surface area contributed by atoms with E-state index in [4.69, 9.17) is 11.6 Å². The first-order valence-electron chi connectivity index (χ1n) is 5.15. The second kappa shape index (κ2) is 5.92. The number of anilines is 3. The molecule has 0 saturated heterocycles. The number of halogens is 1. The van der Waals surface area contributed by atoms with Crippen molar-refractivity contribution in [2.75, 3.05) is 16.5 Å². The Kier molecular flexibility index (Phi) is 4.03. The van der Waals surface area contributed by atoms with Crippen molar-refractivity contribution in [3.63, 3.8) is 0 Å². The summed E-state index contributed by atoms with van der Waals surface area (Å²) in [5, 5.41) is 5.43. The van der Waals surface area contributed by atoms with Crippen molar-refractivity contribution in [1.29, 1.82) is 0 Å². The van der Waals surface area contributed by atoms with E-state index in [-0.39, 0.29) is 17.7 Å². The standard InChI is InChI=1S/C11H10ClN5O/c12-6-9(18)16-11-14-7-13-10(17-11)15-8-4-2-1-3-5-8/h1-5,7H,6H2,(H2,13,14,15,16,17,18). The summed E-state index contributed by atoms with van der Waals surface area (Å²) in [6.07, 6.45) is 1.31. The SMILES string of the molecule is O=C(CCl)Nc1ncnc(Nc2ccccc2)n1. The first-order chi connectivity index (χ1) is 8.78. The highest BCUT2D eigenvalue weighted by Gasteiger charge is 2.04. The van der Waals surface area contributed by atoms with Gasteiger partial charge in [-0.3, -0.25) is 10.1 Å². The lowest BCUT2D eigenvalue weighted by Crippen LogP contribution is -2.15. The molecule has 0 radical (unpaired) electrons. The van der Waals surface area contributed by atoms with Gasteiger partial charge in [-0.05, 0) is 12.1 Å². The van der Waals surface area contributed by atoms with Crippen LogP contribution < -0.4 is 10.6 Å². The van der Waals surface area contributed by atoms with Crippen LogP contribution in [0.5, 0.6) is 0 Å². The van der Waals surface area contributed by atoms with Gasteiger partial charge in [0, 0.05) is 5.69 Å². The minimum Gasteiger partial charge on any atom is -0.324 e. The van der Waals surface area contributed by atoms with Gasteiger partial charge in [-0.15, -0.1) is 11.6 Å². The number of aromatic nitrogens is 3. The Labute approximate surface area is 108 Å². The van der Waals surface area contributed by atoms with Crippen molar-refractivity contribution < 1.29 is 4.79 Å². The number of carbonyl (C=O) groups is 1. The molecular formula is C11H10ClN5O. The van der Waals surface area contributed by atoms with Gasteiger partial charge >= 0.3 is 0 Å². The Morgan fingerprint density at radius 2 is 1.89 bits per heavy atom. The highest BCUT2D eigenvalue weighted by atomic mass is 35.5. The zero-order chi connectivity index (χ0) is 12.8. The summed E-state index contributed by atoms with van der Waals surface area (Å²) < 4.78 is 0. The molecule has 1 aromatic heterocycles. The fourth-order valence-corrected chi connectivity index (χ4v) is 1.29. The predicted octanol–water partition coefficient (Wildman–Crippen LogP) is 1.79. The highest BCUT2D eigenvalue weighted by molar-refractivity contribution is 6.28. The lowest BCUT2D eigenvalue weighted by atomic mass is 10.3. The number of hydrogen-bond donors (Lipinski definition) is 2. The summed E-state index contributed by atoms with van der Waals surface area (Å²) in [4.78, 5) is 22.9. The molecule has 0 unspecified atom stereocenters. The first-order valence-corrected chi connectivity index (χ1v) is 5.68. The number of hydrogen-bond acceptors (Lipinski definition) is 5. The number of para-hydroxylation sites is 1. The second-order valence-electron chi connectivity index (χ2n) is 3.31. The minimum atomic E-state index is -0.367. The highest BCUT2D eigenvalue weighted by Crippen LogP contribution is 2.11. The summed E-state index contributed by atoms with van der Waals surface area (Å²) in [6.45, 7) is 0. The van der Waals surface area contributed by atoms with E-state index in [1.807, 2.05) is 30.3 Å². The molecule has 1 amide bonds. The monoisotopic (exact) mass is 263 g/mol. The van der Waals surface area contributed by atoms with Crippen molar-refractivity contribution in [1.82, 2.24) is 15.0 Å². The normalized spacial score (nSPS) is 9.83. The number of benzene rings is 1. The van der Waals surface area contributed by atoms with Gasteiger partial charge in [-0.2, -0.15) is 4.98 Å². The third kappa shape index (κ3) is 3.39. The van der Waals surface area contributed by atoms with Gasteiger partial charge in [0.05, 0.1) is 0 Å². The average molecular weight is 264 g/mol. The summed E-state index contributed by atoms with van der Waals surface area (Å²) in [5.74, 6) is -0.00341. The molecule has 0 aliphatic carbocycles. The number of carbonyl (C=O) groups excluding carboxylic acids is 1. The fraction of sp³-hybridized carbons (Fsp3) is 0.0909. The van der Waals surface area contributed by atoms with Crippen LogP contribution in [0.3, 0.4) is 0 Å². The number of nitrogens with one attached hydrogen (secondary N) is 2. The zero-order valence-electron chi connectivity index (χ0n) is 9.30. The van der Waals surface area contributed by atoms with Crippen LogP contribution in [0.25, 0.3) is 0 Å². The molecule has 0 aliphatic rings. The van der Waals surface area contributed by atoms with E-state index < -0.39 is 0 Å². The van der Waals surface area contributed by atoms with E-state index in [9.17, 15) is 4.79 Å². The van der Waals surface area contributed by atoms with E-state index in [1.165, 1.54) is 6.33 Å². The summed E-state index contributed by atoms with van der Waals surface area (Å²) in [7, 11) is 0. The first kappa shape index (κ1) is 12.3. The van der Waals surface area contributed by atoms with Gasteiger partial charge in [0.15, 0.2) is 0 Å². The van der Waals surface area contributed by atoms with Crippen LogP contribution in [0, 0.1) is 0 Å². The Morgan fingerprint density at radius 1 is 1.17 bits per heavy atom. The van der Waals surface area contributed by atoms with E-state index in [1.54, 1.807) is 0 Å². The Bertz CT molecular complexity index is 534. The fourth-order valence-electron chi connectivity index (χ4n) is 1.23. The molecule has 6 nitrogen and oxygen atoms in total. The Morgan fingerprint density at radius 3 is 2.61 bits per heavy atom. The smallest absolute Gasteiger partial charge is 0.241 e. The molecule has 0 bridgehead atoms. The van der Waals surface area contributed by atoms with Crippen LogP contribution in [0.1, 0.15) is 0 Å². The molecule has 0 fully saturated rings.